The third-order valence-electron chi connectivity index (χ3n) is 6.59. The van der Waals surface area contributed by atoms with Gasteiger partial charge in [0.2, 0.25) is 5.91 Å². The van der Waals surface area contributed by atoms with Crippen molar-refractivity contribution in [2.75, 3.05) is 26.1 Å². The second-order valence-corrected chi connectivity index (χ2v) is 11.1. The fraction of sp³-hybridized carbons (Fsp3) is 0.333. The number of amides is 1. The van der Waals surface area contributed by atoms with Gasteiger partial charge in [0.25, 0.3) is 6.01 Å². The fourth-order valence-electron chi connectivity index (χ4n) is 4.52. The first-order chi connectivity index (χ1) is 18.8. The lowest BCUT2D eigenvalue weighted by Gasteiger charge is -2.23. The molecule has 0 saturated carbocycles. The van der Waals surface area contributed by atoms with Gasteiger partial charge in [-0.2, -0.15) is 4.98 Å². The number of nitrogens with zero attached hydrogens (tertiary/aromatic N) is 3. The number of benzene rings is 2. The lowest BCUT2D eigenvalue weighted by molar-refractivity contribution is -0.140. The Morgan fingerprint density at radius 2 is 2.03 bits per heavy atom. The third-order valence-corrected chi connectivity index (χ3v) is 8.41. The first kappa shape index (κ1) is 27.4. The van der Waals surface area contributed by atoms with E-state index < -0.39 is 0 Å². The Morgan fingerprint density at radius 1 is 1.21 bits per heavy atom. The minimum absolute atomic E-state index is 0.0647. The van der Waals surface area contributed by atoms with E-state index in [1.165, 1.54) is 18.4 Å². The van der Waals surface area contributed by atoms with Crippen LogP contribution in [0.4, 0.5) is 11.7 Å². The molecular formula is C27H26Cl2N4O5S. The Bertz CT molecular complexity index is 1470. The van der Waals surface area contributed by atoms with Crippen LogP contribution in [0.15, 0.2) is 47.0 Å². The summed E-state index contributed by atoms with van der Waals surface area (Å²) in [6, 6.07) is 10.8. The molecule has 1 saturated heterocycles. The summed E-state index contributed by atoms with van der Waals surface area (Å²) in [6.45, 7) is 0.444. The zero-order valence-corrected chi connectivity index (χ0v) is 23.6. The van der Waals surface area contributed by atoms with E-state index >= 15 is 0 Å². The second kappa shape index (κ2) is 11.9. The smallest absolute Gasteiger partial charge is 0.305 e. The molecule has 1 fully saturated rings. The van der Waals surface area contributed by atoms with Gasteiger partial charge in [-0.15, -0.1) is 11.3 Å². The zero-order valence-electron chi connectivity index (χ0n) is 21.3. The highest BCUT2D eigenvalue weighted by Crippen LogP contribution is 2.37. The van der Waals surface area contributed by atoms with Gasteiger partial charge in [0.05, 0.1) is 42.8 Å². The highest BCUT2D eigenvalue weighted by Gasteiger charge is 2.38. The van der Waals surface area contributed by atoms with Crippen molar-refractivity contribution < 1.29 is 23.5 Å². The molecule has 2 aromatic heterocycles. The molecule has 1 aliphatic heterocycles. The number of fused-ring (bicyclic) bond motifs is 1. The summed E-state index contributed by atoms with van der Waals surface area (Å²) in [5.74, 6) is -0.379. The maximum Gasteiger partial charge on any atom is 0.305 e. The minimum Gasteiger partial charge on any atom is -0.469 e. The van der Waals surface area contributed by atoms with E-state index in [-0.39, 0.29) is 42.9 Å². The molecule has 12 heteroatoms. The van der Waals surface area contributed by atoms with E-state index in [1.807, 2.05) is 24.3 Å². The fourth-order valence-corrected chi connectivity index (χ4v) is 6.03. The van der Waals surface area contributed by atoms with Gasteiger partial charge in [-0.25, -0.2) is 4.98 Å². The lowest BCUT2D eigenvalue weighted by atomic mass is 10.1. The number of ether oxygens (including phenoxy) is 2. The van der Waals surface area contributed by atoms with Gasteiger partial charge in [-0.05, 0) is 36.2 Å². The standard InChI is InChI=1S/C27H26Cl2N4O5S/c1-36-16-11-22(26-30-13-17(39-26)7-8-25(35)37-2)33(14-16)24(34)10-15-9-19(29)21(12-18(15)28)32-27-31-20-5-3-4-6-23(20)38-27/h3-6,9,12-13,16,22H,7-8,10-11,14H2,1-2H3,(H,31,32)/t16-,22+/m1/s1. The average Bonchev–Trinajstić information content (AvgIpc) is 3.67. The first-order valence-electron chi connectivity index (χ1n) is 12.3. The summed E-state index contributed by atoms with van der Waals surface area (Å²) >= 11 is 14.6. The number of aromatic nitrogens is 2. The lowest BCUT2D eigenvalue weighted by Crippen LogP contribution is -2.33. The first-order valence-corrected chi connectivity index (χ1v) is 13.9. The van der Waals surface area contributed by atoms with Crippen LogP contribution < -0.4 is 5.32 Å². The third kappa shape index (κ3) is 6.19. The van der Waals surface area contributed by atoms with Crippen molar-refractivity contribution in [3.05, 3.63) is 68.1 Å². The quantitative estimate of drug-likeness (QED) is 0.238. The Morgan fingerprint density at radius 3 is 2.79 bits per heavy atom. The number of halogens is 2. The van der Waals surface area contributed by atoms with Gasteiger partial charge < -0.3 is 24.1 Å². The van der Waals surface area contributed by atoms with Gasteiger partial charge >= 0.3 is 5.97 Å². The predicted octanol–water partition coefficient (Wildman–Crippen LogP) is 5.97. The van der Waals surface area contributed by atoms with Crippen molar-refractivity contribution in [3.63, 3.8) is 0 Å². The minimum atomic E-state index is -0.271. The van der Waals surface area contributed by atoms with Crippen molar-refractivity contribution in [3.8, 4) is 0 Å². The molecule has 204 valence electrons. The van der Waals surface area contributed by atoms with E-state index in [0.717, 1.165) is 15.4 Å². The molecule has 4 aromatic rings. The Labute approximate surface area is 239 Å². The molecule has 1 amide bonds. The highest BCUT2D eigenvalue weighted by atomic mass is 35.5. The van der Waals surface area contributed by atoms with E-state index in [4.69, 9.17) is 37.1 Å². The summed E-state index contributed by atoms with van der Waals surface area (Å²) in [5.41, 5.74) is 2.49. The summed E-state index contributed by atoms with van der Waals surface area (Å²) < 4.78 is 16.0. The number of hydrogen-bond donors (Lipinski definition) is 1. The summed E-state index contributed by atoms with van der Waals surface area (Å²) in [7, 11) is 3.01. The molecule has 0 aliphatic carbocycles. The number of methoxy groups -OCH3 is 2. The van der Waals surface area contributed by atoms with Crippen LogP contribution in [0, 0.1) is 0 Å². The van der Waals surface area contributed by atoms with Crippen molar-refractivity contribution >= 4 is 69.2 Å². The summed E-state index contributed by atoms with van der Waals surface area (Å²) in [6.07, 6.45) is 3.16. The molecule has 3 heterocycles. The van der Waals surface area contributed by atoms with E-state index in [2.05, 4.69) is 15.3 Å². The monoisotopic (exact) mass is 588 g/mol. The number of aryl methyl sites for hydroxylation is 1. The number of likely N-dealkylation sites (tertiary alicyclic amines) is 1. The van der Waals surface area contributed by atoms with Crippen molar-refractivity contribution in [2.45, 2.75) is 37.8 Å². The van der Waals surface area contributed by atoms with Gasteiger partial charge in [0.15, 0.2) is 5.58 Å². The SMILES string of the molecule is COC(=O)CCc1cnc([C@@H]2C[C@@H](OC)CN2C(=O)Cc2cc(Cl)c(Nc3nc4ccccc4o3)cc2Cl)s1. The van der Waals surface area contributed by atoms with Gasteiger partial charge in [0.1, 0.15) is 10.5 Å². The van der Waals surface area contributed by atoms with E-state index in [0.29, 0.717) is 46.3 Å². The van der Waals surface area contributed by atoms with Crippen LogP contribution in [0.3, 0.4) is 0 Å². The van der Waals surface area contributed by atoms with Crippen LogP contribution >= 0.6 is 34.5 Å². The number of carbonyl (C=O) groups is 2. The van der Waals surface area contributed by atoms with Crippen LogP contribution in [-0.2, 0) is 31.9 Å². The second-order valence-electron chi connectivity index (χ2n) is 9.11. The largest absolute Gasteiger partial charge is 0.469 e. The predicted molar refractivity (Wildman–Crippen MR) is 150 cm³/mol. The molecule has 0 radical (unpaired) electrons. The van der Waals surface area contributed by atoms with Crippen LogP contribution in [-0.4, -0.2) is 53.6 Å². The molecule has 0 unspecified atom stereocenters. The average molecular weight is 590 g/mol. The van der Waals surface area contributed by atoms with Crippen molar-refractivity contribution in [2.24, 2.45) is 0 Å². The molecule has 39 heavy (non-hydrogen) atoms. The molecule has 1 N–H and O–H groups in total. The summed E-state index contributed by atoms with van der Waals surface area (Å²) in [5, 5.41) is 4.65. The maximum absolute atomic E-state index is 13.5. The number of nitrogens with one attached hydrogen (secondary N) is 1. The number of esters is 1. The number of hydrogen-bond acceptors (Lipinski definition) is 9. The van der Waals surface area contributed by atoms with E-state index in [9.17, 15) is 9.59 Å². The molecular weight excluding hydrogens is 563 g/mol. The molecule has 0 spiro atoms. The Hall–Kier alpha value is -3.18. The van der Waals surface area contributed by atoms with E-state index in [1.54, 1.807) is 30.3 Å². The molecule has 1 aliphatic rings. The van der Waals surface area contributed by atoms with Crippen molar-refractivity contribution in [1.82, 2.24) is 14.9 Å². The van der Waals surface area contributed by atoms with Gasteiger partial charge in [0, 0.05) is 36.2 Å². The van der Waals surface area contributed by atoms with Crippen molar-refractivity contribution in [1.29, 1.82) is 0 Å². The van der Waals surface area contributed by atoms with Gasteiger partial charge in [-0.1, -0.05) is 35.3 Å². The number of oxazole rings is 1. The molecule has 9 nitrogen and oxygen atoms in total. The molecule has 2 aromatic carbocycles. The number of rotatable bonds is 9. The Kier molecular flexibility index (Phi) is 8.37. The van der Waals surface area contributed by atoms with Crippen LogP contribution in [0.25, 0.3) is 11.1 Å². The maximum atomic E-state index is 13.5. The molecule has 0 bridgehead atoms. The Balaban J connectivity index is 1.30. The topological polar surface area (TPSA) is 107 Å². The zero-order chi connectivity index (χ0) is 27.5. The van der Waals surface area contributed by atoms with Gasteiger partial charge in [-0.3, -0.25) is 9.59 Å². The van der Waals surface area contributed by atoms with Crippen LogP contribution in [0.2, 0.25) is 10.0 Å². The normalized spacial score (nSPS) is 17.1. The summed E-state index contributed by atoms with van der Waals surface area (Å²) in [4.78, 5) is 36.7. The highest BCUT2D eigenvalue weighted by molar-refractivity contribution is 7.11. The van der Waals surface area contributed by atoms with Crippen LogP contribution in [0.5, 0.6) is 0 Å². The van der Waals surface area contributed by atoms with Crippen LogP contribution in [0.1, 0.15) is 34.3 Å². The number of thiazole rings is 1. The molecule has 2 atom stereocenters. The number of anilines is 2. The number of carbonyl (C=O) groups excluding carboxylic acids is 2. The number of para-hydroxylation sites is 2. The molecule has 5 rings (SSSR count).